The number of rotatable bonds is 4. The van der Waals surface area contributed by atoms with Gasteiger partial charge in [0, 0.05) is 47.2 Å². The number of hydrogen-bond acceptors (Lipinski definition) is 5. The monoisotopic (exact) mass is 544 g/mol. The molecule has 3 aliphatic rings. The molecule has 7 nitrogen and oxygen atoms in total. The molecular weight excluding hydrogens is 504 g/mol. The van der Waals surface area contributed by atoms with Crippen molar-refractivity contribution in [3.8, 4) is 11.3 Å². The Hall–Kier alpha value is -2.71. The molecule has 39 heavy (non-hydrogen) atoms. The van der Waals surface area contributed by atoms with E-state index in [1.165, 1.54) is 55.0 Å². The number of H-pyrrole nitrogens is 1. The quantitative estimate of drug-likeness (QED) is 0.333. The Morgan fingerprint density at radius 2 is 1.95 bits per heavy atom. The molecule has 0 radical (unpaired) electrons. The highest BCUT2D eigenvalue weighted by molar-refractivity contribution is 7.19. The number of carbonyl (C=O) groups excluding carboxylic acids is 1. The number of nitrogens with zero attached hydrogens (tertiary/aromatic N) is 4. The van der Waals surface area contributed by atoms with Crippen LogP contribution in [0.5, 0.6) is 0 Å². The van der Waals surface area contributed by atoms with Gasteiger partial charge in [-0.15, -0.1) is 11.3 Å². The zero-order valence-electron chi connectivity index (χ0n) is 23.9. The normalized spacial score (nSPS) is 21.6. The summed E-state index contributed by atoms with van der Waals surface area (Å²) >= 11 is 1.94. The molecule has 2 saturated heterocycles. The lowest BCUT2D eigenvalue weighted by atomic mass is 9.88. The SMILES string of the molecule is Cc1c(C2CCN(C(=O)C3CC(C)(C)CN3)CC2)sc2[nH]c(-c3cn4ncnc4c4c3CCC4)c(C(C)C)c12. The molecule has 0 aromatic carbocycles. The Morgan fingerprint density at radius 3 is 2.67 bits per heavy atom. The van der Waals surface area contributed by atoms with E-state index >= 15 is 0 Å². The fourth-order valence-corrected chi connectivity index (χ4v) is 8.94. The maximum absolute atomic E-state index is 13.2. The third-order valence-corrected chi connectivity index (χ3v) is 10.9. The van der Waals surface area contributed by atoms with Crippen LogP contribution in [0.25, 0.3) is 27.1 Å². The number of fused-ring (bicyclic) bond motifs is 4. The van der Waals surface area contributed by atoms with E-state index < -0.39 is 0 Å². The van der Waals surface area contributed by atoms with Crippen LogP contribution in [0.3, 0.4) is 0 Å². The van der Waals surface area contributed by atoms with Crippen molar-refractivity contribution < 1.29 is 4.79 Å². The van der Waals surface area contributed by atoms with E-state index in [2.05, 4.69) is 66.1 Å². The fraction of sp³-hybridized carbons (Fsp3) is 0.581. The summed E-state index contributed by atoms with van der Waals surface area (Å²) in [4.78, 5) is 26.6. The van der Waals surface area contributed by atoms with Gasteiger partial charge in [-0.1, -0.05) is 27.7 Å². The standard InChI is InChI=1S/C31H40N6OS/c1-17(2)24-25-18(3)27(19-9-11-36(12-10-19)30(38)23-13-31(4,5)15-32-23)39-29(25)35-26(24)22-14-37-28(33-16-34-37)21-8-6-7-20(21)22/h14,16-17,19,23,32,35H,6-13,15H2,1-5H3. The number of hydrogen-bond donors (Lipinski definition) is 2. The highest BCUT2D eigenvalue weighted by atomic mass is 32.1. The van der Waals surface area contributed by atoms with Gasteiger partial charge in [0.1, 0.15) is 11.2 Å². The van der Waals surface area contributed by atoms with E-state index in [0.717, 1.165) is 57.4 Å². The first-order valence-corrected chi connectivity index (χ1v) is 15.5. The Bertz CT molecular complexity index is 1580. The molecule has 1 aliphatic carbocycles. The zero-order chi connectivity index (χ0) is 27.1. The van der Waals surface area contributed by atoms with Crippen molar-refractivity contribution in [2.24, 2.45) is 5.41 Å². The van der Waals surface area contributed by atoms with Crippen LogP contribution in [-0.2, 0) is 17.6 Å². The van der Waals surface area contributed by atoms with Crippen molar-refractivity contribution in [2.75, 3.05) is 19.6 Å². The third kappa shape index (κ3) is 4.05. The van der Waals surface area contributed by atoms with Crippen LogP contribution in [0.4, 0.5) is 0 Å². The first-order valence-electron chi connectivity index (χ1n) is 14.7. The van der Waals surface area contributed by atoms with Gasteiger partial charge in [-0.2, -0.15) is 5.10 Å². The molecule has 0 spiro atoms. The van der Waals surface area contributed by atoms with Gasteiger partial charge in [0.2, 0.25) is 5.91 Å². The summed E-state index contributed by atoms with van der Waals surface area (Å²) in [5.41, 5.74) is 9.47. The lowest BCUT2D eigenvalue weighted by Crippen LogP contribution is -2.46. The summed E-state index contributed by atoms with van der Waals surface area (Å²) in [7, 11) is 0. The second kappa shape index (κ2) is 9.16. The molecule has 7 rings (SSSR count). The van der Waals surface area contributed by atoms with Crippen LogP contribution < -0.4 is 5.32 Å². The number of aromatic nitrogens is 4. The summed E-state index contributed by atoms with van der Waals surface area (Å²) in [6, 6.07) is -0.0108. The third-order valence-electron chi connectivity index (χ3n) is 9.50. The predicted octanol–water partition coefficient (Wildman–Crippen LogP) is 5.95. The predicted molar refractivity (Wildman–Crippen MR) is 158 cm³/mol. The molecule has 4 aromatic rings. The van der Waals surface area contributed by atoms with Gasteiger partial charge >= 0.3 is 0 Å². The van der Waals surface area contributed by atoms with Crippen molar-refractivity contribution >= 4 is 33.1 Å². The molecule has 2 fully saturated rings. The molecule has 2 N–H and O–H groups in total. The van der Waals surface area contributed by atoms with Crippen molar-refractivity contribution in [3.63, 3.8) is 0 Å². The van der Waals surface area contributed by atoms with Crippen LogP contribution in [0, 0.1) is 12.3 Å². The molecule has 8 heteroatoms. The number of likely N-dealkylation sites (tertiary alicyclic amines) is 1. The van der Waals surface area contributed by atoms with E-state index in [1.54, 1.807) is 6.33 Å². The number of aromatic amines is 1. The molecular formula is C31H40N6OS. The number of thiophene rings is 1. The maximum Gasteiger partial charge on any atom is 0.239 e. The van der Waals surface area contributed by atoms with Crippen molar-refractivity contribution in [3.05, 3.63) is 39.7 Å². The first kappa shape index (κ1) is 25.3. The molecule has 1 atom stereocenters. The van der Waals surface area contributed by atoms with Gasteiger partial charge in [0.15, 0.2) is 5.65 Å². The van der Waals surface area contributed by atoms with Crippen molar-refractivity contribution in [2.45, 2.75) is 91.0 Å². The van der Waals surface area contributed by atoms with Gasteiger partial charge in [-0.05, 0) is 79.4 Å². The van der Waals surface area contributed by atoms with Gasteiger partial charge in [0.25, 0.3) is 0 Å². The Morgan fingerprint density at radius 1 is 1.18 bits per heavy atom. The lowest BCUT2D eigenvalue weighted by Gasteiger charge is -2.33. The summed E-state index contributed by atoms with van der Waals surface area (Å²) in [5, 5.41) is 9.39. The van der Waals surface area contributed by atoms with Crippen molar-refractivity contribution in [1.29, 1.82) is 0 Å². The van der Waals surface area contributed by atoms with E-state index in [4.69, 9.17) is 0 Å². The van der Waals surface area contributed by atoms with Crippen LogP contribution >= 0.6 is 11.3 Å². The van der Waals surface area contributed by atoms with Crippen LogP contribution in [-0.4, -0.2) is 56.1 Å². The average Bonchev–Trinajstić information content (AvgIpc) is 3.72. The van der Waals surface area contributed by atoms with Crippen LogP contribution in [0.1, 0.15) is 92.3 Å². The average molecular weight is 545 g/mol. The second-order valence-electron chi connectivity index (χ2n) is 13.1. The van der Waals surface area contributed by atoms with Gasteiger partial charge < -0.3 is 15.2 Å². The topological polar surface area (TPSA) is 78.3 Å². The highest BCUT2D eigenvalue weighted by Gasteiger charge is 2.38. The minimum absolute atomic E-state index is 0.0108. The Balaban J connectivity index is 1.19. The van der Waals surface area contributed by atoms with E-state index in [-0.39, 0.29) is 11.5 Å². The molecule has 4 aromatic heterocycles. The number of aryl methyl sites for hydroxylation is 2. The largest absolute Gasteiger partial charge is 0.346 e. The zero-order valence-corrected chi connectivity index (χ0v) is 24.7. The minimum atomic E-state index is -0.0108. The first-order chi connectivity index (χ1) is 18.7. The number of piperidine rings is 1. The minimum Gasteiger partial charge on any atom is -0.346 e. The molecule has 206 valence electrons. The lowest BCUT2D eigenvalue weighted by molar-refractivity contribution is -0.134. The number of pyridine rings is 1. The Kier molecular flexibility index (Phi) is 5.94. The molecule has 1 unspecified atom stereocenters. The molecule has 2 aliphatic heterocycles. The number of amides is 1. The molecule has 1 amide bonds. The van der Waals surface area contributed by atoms with Gasteiger partial charge in [-0.25, -0.2) is 9.50 Å². The molecule has 0 bridgehead atoms. The number of nitrogens with one attached hydrogen (secondary N) is 2. The summed E-state index contributed by atoms with van der Waals surface area (Å²) in [6.45, 7) is 14.1. The summed E-state index contributed by atoms with van der Waals surface area (Å²) in [6.07, 6.45) is 10.3. The molecule has 6 heterocycles. The fourth-order valence-electron chi connectivity index (χ4n) is 7.55. The van der Waals surface area contributed by atoms with Crippen LogP contribution in [0.2, 0.25) is 0 Å². The van der Waals surface area contributed by atoms with E-state index in [1.807, 2.05) is 15.9 Å². The summed E-state index contributed by atoms with van der Waals surface area (Å²) < 4.78 is 1.97. The van der Waals surface area contributed by atoms with Gasteiger partial charge in [0.05, 0.1) is 11.7 Å². The Labute approximate surface area is 234 Å². The highest BCUT2D eigenvalue weighted by Crippen LogP contribution is 2.47. The molecule has 0 saturated carbocycles. The van der Waals surface area contributed by atoms with Crippen molar-refractivity contribution in [1.82, 2.24) is 29.8 Å². The number of carbonyl (C=O) groups is 1. The van der Waals surface area contributed by atoms with Crippen LogP contribution in [0.15, 0.2) is 12.5 Å². The van der Waals surface area contributed by atoms with Gasteiger partial charge in [-0.3, -0.25) is 4.79 Å². The maximum atomic E-state index is 13.2. The van der Waals surface area contributed by atoms with E-state index in [0.29, 0.717) is 17.7 Å². The van der Waals surface area contributed by atoms with E-state index in [9.17, 15) is 4.79 Å². The smallest absolute Gasteiger partial charge is 0.239 e. The second-order valence-corrected chi connectivity index (χ2v) is 14.2. The summed E-state index contributed by atoms with van der Waals surface area (Å²) in [5.74, 6) is 1.23.